The summed E-state index contributed by atoms with van der Waals surface area (Å²) in [4.78, 5) is 24.8. The Bertz CT molecular complexity index is 513. The van der Waals surface area contributed by atoms with E-state index in [1.807, 2.05) is 24.8 Å². The predicted octanol–water partition coefficient (Wildman–Crippen LogP) is 1.22. The fourth-order valence-electron chi connectivity index (χ4n) is 2.32. The first-order chi connectivity index (χ1) is 9.02. The van der Waals surface area contributed by atoms with Crippen LogP contribution in [0.4, 0.5) is 0 Å². The van der Waals surface area contributed by atoms with Crippen LogP contribution in [0.25, 0.3) is 0 Å². The maximum Gasteiger partial charge on any atom is 0.335 e. The first-order valence-corrected chi connectivity index (χ1v) is 6.39. The zero-order valence-corrected chi connectivity index (χ0v) is 11.1. The second-order valence-corrected chi connectivity index (χ2v) is 4.76. The standard InChI is InChI=1S/C14H18N2O3/c1-3-15-13(17)9(2)16-7-11-5-4-10(14(18)19)6-12(11)8-16/h4-6,9H,3,7-8H2,1-2H3,(H,15,17)(H,18,19). The Kier molecular flexibility index (Phi) is 3.85. The third-order valence-electron chi connectivity index (χ3n) is 3.48. The van der Waals surface area contributed by atoms with E-state index >= 15 is 0 Å². The molecule has 0 aromatic heterocycles. The molecule has 5 nitrogen and oxygen atoms in total. The Balaban J connectivity index is 2.11. The van der Waals surface area contributed by atoms with Crippen LogP contribution in [-0.2, 0) is 17.9 Å². The maximum absolute atomic E-state index is 11.8. The summed E-state index contributed by atoms with van der Waals surface area (Å²) in [6.45, 7) is 5.69. The highest BCUT2D eigenvalue weighted by molar-refractivity contribution is 5.88. The van der Waals surface area contributed by atoms with E-state index in [0.29, 0.717) is 25.2 Å². The van der Waals surface area contributed by atoms with Crippen molar-refractivity contribution in [3.8, 4) is 0 Å². The molecule has 1 aliphatic heterocycles. The number of benzene rings is 1. The van der Waals surface area contributed by atoms with Gasteiger partial charge in [0.05, 0.1) is 11.6 Å². The number of nitrogens with one attached hydrogen (secondary N) is 1. The molecule has 2 rings (SSSR count). The van der Waals surface area contributed by atoms with Gasteiger partial charge >= 0.3 is 5.97 Å². The van der Waals surface area contributed by atoms with Crippen molar-refractivity contribution in [1.29, 1.82) is 0 Å². The molecule has 0 saturated carbocycles. The van der Waals surface area contributed by atoms with Gasteiger partial charge in [0.2, 0.25) is 5.91 Å². The van der Waals surface area contributed by atoms with Gasteiger partial charge in [-0.15, -0.1) is 0 Å². The Hall–Kier alpha value is -1.88. The molecule has 1 aliphatic rings. The topological polar surface area (TPSA) is 69.6 Å². The van der Waals surface area contributed by atoms with Crippen molar-refractivity contribution in [2.45, 2.75) is 33.0 Å². The van der Waals surface area contributed by atoms with Crippen molar-refractivity contribution in [2.24, 2.45) is 0 Å². The Labute approximate surface area is 112 Å². The molecule has 1 heterocycles. The number of carbonyl (C=O) groups is 2. The number of nitrogens with zero attached hydrogens (tertiary/aromatic N) is 1. The minimum atomic E-state index is -0.918. The summed E-state index contributed by atoms with van der Waals surface area (Å²) in [5.41, 5.74) is 2.39. The molecule has 1 unspecified atom stereocenters. The van der Waals surface area contributed by atoms with Crippen molar-refractivity contribution in [2.75, 3.05) is 6.54 Å². The average Bonchev–Trinajstić information content (AvgIpc) is 2.80. The molecule has 5 heteroatoms. The number of carboxylic acid groups (broad SMARTS) is 1. The first kappa shape index (κ1) is 13.5. The largest absolute Gasteiger partial charge is 0.478 e. The summed E-state index contributed by atoms with van der Waals surface area (Å²) < 4.78 is 0. The minimum absolute atomic E-state index is 0.00811. The van der Waals surface area contributed by atoms with Crippen LogP contribution >= 0.6 is 0 Å². The fraction of sp³-hybridized carbons (Fsp3) is 0.429. The van der Waals surface area contributed by atoms with Crippen LogP contribution in [0, 0.1) is 0 Å². The van der Waals surface area contributed by atoms with Gasteiger partial charge in [-0.25, -0.2) is 4.79 Å². The molecule has 0 radical (unpaired) electrons. The van der Waals surface area contributed by atoms with Crippen LogP contribution in [-0.4, -0.2) is 34.5 Å². The quantitative estimate of drug-likeness (QED) is 0.856. The molecule has 1 atom stereocenters. The molecule has 2 N–H and O–H groups in total. The molecular weight excluding hydrogens is 244 g/mol. The molecule has 19 heavy (non-hydrogen) atoms. The number of aromatic carboxylic acids is 1. The summed E-state index contributed by atoms with van der Waals surface area (Å²) in [5, 5.41) is 11.8. The van der Waals surface area contributed by atoms with Crippen LogP contribution in [0.5, 0.6) is 0 Å². The smallest absolute Gasteiger partial charge is 0.335 e. The predicted molar refractivity (Wildman–Crippen MR) is 70.8 cm³/mol. The van der Waals surface area contributed by atoms with Gasteiger partial charge in [-0.2, -0.15) is 0 Å². The van der Waals surface area contributed by atoms with Gasteiger partial charge in [0.1, 0.15) is 0 Å². The van der Waals surface area contributed by atoms with E-state index in [4.69, 9.17) is 5.11 Å². The highest BCUT2D eigenvalue weighted by Crippen LogP contribution is 2.25. The van der Waals surface area contributed by atoms with E-state index in [0.717, 1.165) is 11.1 Å². The van der Waals surface area contributed by atoms with E-state index < -0.39 is 5.97 Å². The highest BCUT2D eigenvalue weighted by Gasteiger charge is 2.27. The van der Waals surface area contributed by atoms with Crippen LogP contribution in [0.3, 0.4) is 0 Å². The van der Waals surface area contributed by atoms with E-state index in [1.54, 1.807) is 12.1 Å². The van der Waals surface area contributed by atoms with Gasteiger partial charge in [0.15, 0.2) is 0 Å². The van der Waals surface area contributed by atoms with Gasteiger partial charge in [0.25, 0.3) is 0 Å². The van der Waals surface area contributed by atoms with Gasteiger partial charge in [-0.1, -0.05) is 6.07 Å². The lowest BCUT2D eigenvalue weighted by Crippen LogP contribution is -2.42. The molecule has 0 bridgehead atoms. The zero-order valence-electron chi connectivity index (χ0n) is 11.1. The maximum atomic E-state index is 11.8. The van der Waals surface area contributed by atoms with E-state index in [-0.39, 0.29) is 11.9 Å². The summed E-state index contributed by atoms with van der Waals surface area (Å²) in [7, 11) is 0. The van der Waals surface area contributed by atoms with Crippen molar-refractivity contribution < 1.29 is 14.7 Å². The summed E-state index contributed by atoms with van der Waals surface area (Å²) in [5.74, 6) is -0.910. The van der Waals surface area contributed by atoms with Crippen LogP contribution < -0.4 is 5.32 Å². The van der Waals surface area contributed by atoms with E-state index in [1.165, 1.54) is 0 Å². The van der Waals surface area contributed by atoms with Gasteiger partial charge in [-0.05, 0) is 37.1 Å². The monoisotopic (exact) mass is 262 g/mol. The van der Waals surface area contributed by atoms with Gasteiger partial charge in [-0.3, -0.25) is 9.69 Å². The Morgan fingerprint density at radius 1 is 1.37 bits per heavy atom. The van der Waals surface area contributed by atoms with Crippen molar-refractivity contribution in [3.63, 3.8) is 0 Å². The number of carbonyl (C=O) groups excluding carboxylic acids is 1. The molecule has 1 aromatic rings. The van der Waals surface area contributed by atoms with Crippen LogP contribution in [0.2, 0.25) is 0 Å². The van der Waals surface area contributed by atoms with Crippen molar-refractivity contribution in [1.82, 2.24) is 10.2 Å². The van der Waals surface area contributed by atoms with Crippen molar-refractivity contribution in [3.05, 3.63) is 34.9 Å². The highest BCUT2D eigenvalue weighted by atomic mass is 16.4. The van der Waals surface area contributed by atoms with Gasteiger partial charge in [0, 0.05) is 19.6 Å². The molecule has 0 saturated heterocycles. The number of rotatable bonds is 4. The lowest BCUT2D eigenvalue weighted by Gasteiger charge is -2.22. The van der Waals surface area contributed by atoms with Crippen LogP contribution in [0.1, 0.15) is 35.3 Å². The first-order valence-electron chi connectivity index (χ1n) is 6.39. The summed E-state index contributed by atoms with van der Waals surface area (Å²) in [6.07, 6.45) is 0. The number of fused-ring (bicyclic) bond motifs is 1. The number of hydrogen-bond donors (Lipinski definition) is 2. The SMILES string of the molecule is CCNC(=O)C(C)N1Cc2ccc(C(=O)O)cc2C1. The lowest BCUT2D eigenvalue weighted by atomic mass is 10.1. The molecule has 0 spiro atoms. The number of carboxylic acids is 1. The van der Waals surface area contributed by atoms with Crippen LogP contribution in [0.15, 0.2) is 18.2 Å². The minimum Gasteiger partial charge on any atom is -0.478 e. The molecule has 102 valence electrons. The Morgan fingerprint density at radius 3 is 2.68 bits per heavy atom. The molecule has 0 aliphatic carbocycles. The number of hydrogen-bond acceptors (Lipinski definition) is 3. The average molecular weight is 262 g/mol. The Morgan fingerprint density at radius 2 is 2.05 bits per heavy atom. The van der Waals surface area contributed by atoms with E-state index in [2.05, 4.69) is 5.32 Å². The molecule has 0 fully saturated rings. The number of amides is 1. The third-order valence-corrected chi connectivity index (χ3v) is 3.48. The third kappa shape index (κ3) is 2.76. The van der Waals surface area contributed by atoms with Gasteiger partial charge < -0.3 is 10.4 Å². The molecule has 1 aromatic carbocycles. The lowest BCUT2D eigenvalue weighted by molar-refractivity contribution is -0.126. The normalized spacial score (nSPS) is 15.9. The van der Waals surface area contributed by atoms with E-state index in [9.17, 15) is 9.59 Å². The fourth-order valence-corrected chi connectivity index (χ4v) is 2.32. The summed E-state index contributed by atoms with van der Waals surface area (Å²) >= 11 is 0. The second kappa shape index (κ2) is 5.40. The molecule has 1 amide bonds. The number of likely N-dealkylation sites (N-methyl/N-ethyl adjacent to an activating group) is 1. The molecular formula is C14H18N2O3. The zero-order chi connectivity index (χ0) is 14.0. The summed E-state index contributed by atoms with van der Waals surface area (Å²) in [6, 6.07) is 4.94. The second-order valence-electron chi connectivity index (χ2n) is 4.76. The van der Waals surface area contributed by atoms with Crippen molar-refractivity contribution >= 4 is 11.9 Å².